The summed E-state index contributed by atoms with van der Waals surface area (Å²) in [4.78, 5) is 27.0. The average molecular weight is 373 g/mol. The van der Waals surface area contributed by atoms with Gasteiger partial charge < -0.3 is 14.4 Å². The van der Waals surface area contributed by atoms with Crippen LogP contribution in [0.2, 0.25) is 0 Å². The van der Waals surface area contributed by atoms with Crippen molar-refractivity contribution in [2.24, 2.45) is 0 Å². The van der Waals surface area contributed by atoms with Crippen LogP contribution in [-0.2, 0) is 16.0 Å². The largest absolute Gasteiger partial charge is 0.507 e. The molecule has 2 heterocycles. The Bertz CT molecular complexity index is 1010. The van der Waals surface area contributed by atoms with Gasteiger partial charge in [-0.1, -0.05) is 60.7 Å². The third kappa shape index (κ3) is 3.22. The highest BCUT2D eigenvalue weighted by atomic mass is 16.3. The number of Topliss-reactive ketones (excluding diaryl/α,β-unsaturated/α-hetero) is 1. The van der Waals surface area contributed by atoms with Gasteiger partial charge in [-0.2, -0.15) is 0 Å². The van der Waals surface area contributed by atoms with E-state index >= 15 is 0 Å². The maximum atomic E-state index is 12.8. The first-order chi connectivity index (χ1) is 13.7. The van der Waals surface area contributed by atoms with Crippen LogP contribution in [0.25, 0.3) is 5.76 Å². The van der Waals surface area contributed by atoms with Gasteiger partial charge in [-0.3, -0.25) is 9.59 Å². The number of ketones is 1. The van der Waals surface area contributed by atoms with Gasteiger partial charge in [0.05, 0.1) is 11.8 Å². The highest BCUT2D eigenvalue weighted by molar-refractivity contribution is 6.46. The molecule has 0 spiro atoms. The Morgan fingerprint density at radius 2 is 1.61 bits per heavy atom. The van der Waals surface area contributed by atoms with Gasteiger partial charge in [-0.25, -0.2) is 0 Å². The van der Waals surface area contributed by atoms with E-state index in [0.717, 1.165) is 5.56 Å². The van der Waals surface area contributed by atoms with Crippen LogP contribution in [0, 0.1) is 0 Å². The minimum Gasteiger partial charge on any atom is -0.507 e. The number of benzene rings is 2. The van der Waals surface area contributed by atoms with E-state index in [2.05, 4.69) is 0 Å². The molecule has 5 heteroatoms. The van der Waals surface area contributed by atoms with Crippen molar-refractivity contribution in [3.63, 3.8) is 0 Å². The van der Waals surface area contributed by atoms with Gasteiger partial charge in [0.1, 0.15) is 17.6 Å². The lowest BCUT2D eigenvalue weighted by atomic mass is 9.99. The summed E-state index contributed by atoms with van der Waals surface area (Å²) in [5, 5.41) is 10.8. The fourth-order valence-electron chi connectivity index (χ4n) is 3.50. The summed E-state index contributed by atoms with van der Waals surface area (Å²) < 4.78 is 5.52. The van der Waals surface area contributed by atoms with Crippen molar-refractivity contribution in [2.45, 2.75) is 12.5 Å². The molecule has 28 heavy (non-hydrogen) atoms. The van der Waals surface area contributed by atoms with E-state index in [4.69, 9.17) is 4.42 Å². The molecule has 1 aliphatic rings. The Labute approximate surface area is 162 Å². The normalized spacial score (nSPS) is 18.6. The zero-order chi connectivity index (χ0) is 19.5. The molecule has 3 aromatic rings. The molecule has 5 nitrogen and oxygen atoms in total. The third-order valence-corrected chi connectivity index (χ3v) is 4.88. The van der Waals surface area contributed by atoms with E-state index in [0.29, 0.717) is 24.3 Å². The van der Waals surface area contributed by atoms with E-state index in [1.165, 1.54) is 11.2 Å². The molecule has 4 rings (SSSR count). The van der Waals surface area contributed by atoms with E-state index in [1.54, 1.807) is 36.4 Å². The number of aliphatic hydroxyl groups is 1. The van der Waals surface area contributed by atoms with Crippen LogP contribution >= 0.6 is 0 Å². The molecule has 1 fully saturated rings. The standard InChI is InChI=1S/C23H19NO4/c25-21(17-10-5-2-6-11-17)19-20(18-12-7-15-28-18)24(23(27)22(19)26)14-13-16-8-3-1-4-9-16/h1-12,15,20,25H,13-14H2/b21-19+. The van der Waals surface area contributed by atoms with Crippen LogP contribution in [0.4, 0.5) is 0 Å². The molecule has 0 saturated carbocycles. The maximum absolute atomic E-state index is 12.8. The summed E-state index contributed by atoms with van der Waals surface area (Å²) in [5.74, 6) is -1.07. The van der Waals surface area contributed by atoms with Crippen molar-refractivity contribution in [3.05, 3.63) is 102 Å². The summed E-state index contributed by atoms with van der Waals surface area (Å²) in [6.07, 6.45) is 2.09. The van der Waals surface area contributed by atoms with Crippen molar-refractivity contribution in [1.82, 2.24) is 4.90 Å². The van der Waals surface area contributed by atoms with Gasteiger partial charge in [0.15, 0.2) is 0 Å². The van der Waals surface area contributed by atoms with E-state index in [1.807, 2.05) is 36.4 Å². The molecule has 0 aliphatic carbocycles. The van der Waals surface area contributed by atoms with Gasteiger partial charge in [0.25, 0.3) is 11.7 Å². The number of likely N-dealkylation sites (tertiary alicyclic amines) is 1. The second kappa shape index (κ2) is 7.56. The number of amides is 1. The Balaban J connectivity index is 1.74. The summed E-state index contributed by atoms with van der Waals surface area (Å²) in [6, 6.07) is 21.2. The Kier molecular flexibility index (Phi) is 4.81. The molecule has 1 amide bonds. The zero-order valence-corrected chi connectivity index (χ0v) is 15.1. The summed E-state index contributed by atoms with van der Waals surface area (Å²) >= 11 is 0. The molecule has 1 N–H and O–H groups in total. The van der Waals surface area contributed by atoms with Gasteiger partial charge >= 0.3 is 0 Å². The van der Waals surface area contributed by atoms with E-state index in [9.17, 15) is 14.7 Å². The highest BCUT2D eigenvalue weighted by Gasteiger charge is 2.47. The molecule has 0 radical (unpaired) electrons. The molecule has 0 bridgehead atoms. The first-order valence-corrected chi connectivity index (χ1v) is 9.08. The van der Waals surface area contributed by atoms with Crippen LogP contribution in [0.15, 0.2) is 89.0 Å². The molecule has 1 aromatic heterocycles. The molecule has 2 aromatic carbocycles. The van der Waals surface area contributed by atoms with Gasteiger partial charge in [0, 0.05) is 12.1 Å². The van der Waals surface area contributed by atoms with Crippen LogP contribution in [-0.4, -0.2) is 28.2 Å². The third-order valence-electron chi connectivity index (χ3n) is 4.88. The molecular formula is C23H19NO4. The van der Waals surface area contributed by atoms with Crippen LogP contribution in [0.1, 0.15) is 22.9 Å². The molecule has 1 atom stereocenters. The lowest BCUT2D eigenvalue weighted by molar-refractivity contribution is -0.140. The number of nitrogens with zero attached hydrogens (tertiary/aromatic N) is 1. The number of rotatable bonds is 5. The first kappa shape index (κ1) is 17.8. The Morgan fingerprint density at radius 1 is 0.929 bits per heavy atom. The predicted octanol–water partition coefficient (Wildman–Crippen LogP) is 3.94. The minimum atomic E-state index is -0.751. The van der Waals surface area contributed by atoms with Gasteiger partial charge in [0.2, 0.25) is 0 Å². The number of carbonyl (C=O) groups excluding carboxylic acids is 2. The van der Waals surface area contributed by atoms with E-state index < -0.39 is 17.7 Å². The predicted molar refractivity (Wildman–Crippen MR) is 104 cm³/mol. The summed E-state index contributed by atoms with van der Waals surface area (Å²) in [6.45, 7) is 0.339. The van der Waals surface area contributed by atoms with Crippen molar-refractivity contribution in [1.29, 1.82) is 0 Å². The van der Waals surface area contributed by atoms with Crippen molar-refractivity contribution in [3.8, 4) is 0 Å². The summed E-state index contributed by atoms with van der Waals surface area (Å²) in [5.41, 5.74) is 1.60. The second-order valence-corrected chi connectivity index (χ2v) is 6.61. The van der Waals surface area contributed by atoms with Crippen LogP contribution < -0.4 is 0 Å². The molecule has 1 saturated heterocycles. The summed E-state index contributed by atoms with van der Waals surface area (Å²) in [7, 11) is 0. The van der Waals surface area contributed by atoms with E-state index in [-0.39, 0.29) is 11.3 Å². The minimum absolute atomic E-state index is 0.0548. The fraction of sp³-hybridized carbons (Fsp3) is 0.130. The maximum Gasteiger partial charge on any atom is 0.295 e. The van der Waals surface area contributed by atoms with Crippen LogP contribution in [0.5, 0.6) is 0 Å². The van der Waals surface area contributed by atoms with Gasteiger partial charge in [-0.15, -0.1) is 0 Å². The van der Waals surface area contributed by atoms with Gasteiger partial charge in [-0.05, 0) is 24.1 Å². The SMILES string of the molecule is O=C1C(=O)N(CCc2ccccc2)C(c2ccco2)/C1=C(\O)c1ccccc1. The monoisotopic (exact) mass is 373 g/mol. The number of carbonyl (C=O) groups is 2. The number of hydrogen-bond acceptors (Lipinski definition) is 4. The lowest BCUT2D eigenvalue weighted by Crippen LogP contribution is -2.31. The molecular weight excluding hydrogens is 354 g/mol. The highest BCUT2D eigenvalue weighted by Crippen LogP contribution is 2.39. The van der Waals surface area contributed by atoms with Crippen molar-refractivity contribution < 1.29 is 19.1 Å². The Hall–Kier alpha value is -3.60. The number of aliphatic hydroxyl groups excluding tert-OH is 1. The molecule has 140 valence electrons. The van der Waals surface area contributed by atoms with Crippen LogP contribution in [0.3, 0.4) is 0 Å². The fourth-order valence-corrected chi connectivity index (χ4v) is 3.50. The zero-order valence-electron chi connectivity index (χ0n) is 15.1. The first-order valence-electron chi connectivity index (χ1n) is 9.08. The van der Waals surface area contributed by atoms with Crippen molar-refractivity contribution >= 4 is 17.4 Å². The Morgan fingerprint density at radius 3 is 2.25 bits per heavy atom. The second-order valence-electron chi connectivity index (χ2n) is 6.61. The smallest absolute Gasteiger partial charge is 0.295 e. The molecule has 1 unspecified atom stereocenters. The quantitative estimate of drug-likeness (QED) is 0.418. The lowest BCUT2D eigenvalue weighted by Gasteiger charge is -2.23. The molecule has 1 aliphatic heterocycles. The number of furan rings is 1. The topological polar surface area (TPSA) is 70.8 Å². The average Bonchev–Trinajstić information content (AvgIpc) is 3.35. The number of hydrogen-bond donors (Lipinski definition) is 1. The van der Waals surface area contributed by atoms with Crippen molar-refractivity contribution in [2.75, 3.05) is 6.54 Å².